The minimum Gasteiger partial charge on any atom is -0.382 e. The number of hydrogen-bond donors (Lipinski definition) is 1. The second kappa shape index (κ2) is 6.50. The van der Waals surface area contributed by atoms with E-state index in [9.17, 15) is 0 Å². The fourth-order valence-corrected chi connectivity index (χ4v) is 1.18. The van der Waals surface area contributed by atoms with Gasteiger partial charge in [0.15, 0.2) is 0 Å². The highest BCUT2D eigenvalue weighted by Gasteiger charge is 1.98. The minimum atomic E-state index is 0.769. The van der Waals surface area contributed by atoms with Crippen LogP contribution < -0.4 is 5.32 Å². The summed E-state index contributed by atoms with van der Waals surface area (Å²) in [6.45, 7) is 5.21. The predicted molar refractivity (Wildman–Crippen MR) is 53.9 cm³/mol. The lowest BCUT2D eigenvalue weighted by molar-refractivity contribution is 0.140. The fraction of sp³-hybridized carbons (Fsp3) is 0.778. The second-order valence-corrected chi connectivity index (χ2v) is 3.05. The molecule has 0 radical (unpaired) electrons. The molecular weight excluding hydrogens is 180 g/mol. The van der Waals surface area contributed by atoms with Crippen LogP contribution in [-0.4, -0.2) is 35.3 Å². The normalized spacial score (nSPS) is 10.7. The van der Waals surface area contributed by atoms with Crippen molar-refractivity contribution < 1.29 is 4.74 Å². The molecule has 0 atom stereocenters. The first-order valence-electron chi connectivity index (χ1n) is 4.98. The van der Waals surface area contributed by atoms with Crippen molar-refractivity contribution in [3.8, 4) is 0 Å². The van der Waals surface area contributed by atoms with Gasteiger partial charge in [-0.3, -0.25) is 4.68 Å². The molecule has 14 heavy (non-hydrogen) atoms. The van der Waals surface area contributed by atoms with E-state index in [4.69, 9.17) is 4.74 Å². The van der Waals surface area contributed by atoms with E-state index in [2.05, 4.69) is 15.6 Å². The van der Waals surface area contributed by atoms with Crippen LogP contribution in [0.3, 0.4) is 0 Å². The molecule has 0 saturated heterocycles. The third kappa shape index (κ3) is 3.85. The van der Waals surface area contributed by atoms with Crippen molar-refractivity contribution in [2.24, 2.45) is 0 Å². The van der Waals surface area contributed by atoms with Crippen LogP contribution in [-0.2, 0) is 17.8 Å². The fourth-order valence-electron chi connectivity index (χ4n) is 1.18. The minimum absolute atomic E-state index is 0.769. The summed E-state index contributed by atoms with van der Waals surface area (Å²) in [4.78, 5) is 0. The van der Waals surface area contributed by atoms with Gasteiger partial charge in [-0.1, -0.05) is 5.21 Å². The zero-order valence-corrected chi connectivity index (χ0v) is 8.86. The van der Waals surface area contributed by atoms with Crippen molar-refractivity contribution in [1.29, 1.82) is 0 Å². The van der Waals surface area contributed by atoms with Gasteiger partial charge in [0.2, 0.25) is 0 Å². The first-order chi connectivity index (χ1) is 6.86. The monoisotopic (exact) mass is 198 g/mol. The molecule has 0 saturated carbocycles. The highest BCUT2D eigenvalue weighted by atomic mass is 16.5. The first kappa shape index (κ1) is 11.1. The van der Waals surface area contributed by atoms with Gasteiger partial charge in [-0.05, 0) is 20.4 Å². The van der Waals surface area contributed by atoms with Crippen molar-refractivity contribution in [1.82, 2.24) is 20.3 Å². The predicted octanol–water partition coefficient (Wildman–Crippen LogP) is 0.424. The maximum absolute atomic E-state index is 5.24. The number of rotatable bonds is 7. The standard InChI is InChI=1S/C9H18N4O/c1-3-14-6-4-5-13-8-9(7-10-2)11-12-13/h8,10H,3-7H2,1-2H3. The zero-order valence-electron chi connectivity index (χ0n) is 8.86. The summed E-state index contributed by atoms with van der Waals surface area (Å²) in [6.07, 6.45) is 2.94. The lowest BCUT2D eigenvalue weighted by atomic mass is 10.4. The highest BCUT2D eigenvalue weighted by molar-refractivity contribution is 4.90. The maximum atomic E-state index is 5.24. The molecule has 5 nitrogen and oxygen atoms in total. The molecule has 0 aliphatic rings. The van der Waals surface area contributed by atoms with E-state index < -0.39 is 0 Å². The third-order valence-corrected chi connectivity index (χ3v) is 1.82. The number of aromatic nitrogens is 3. The Bertz CT molecular complexity index is 249. The topological polar surface area (TPSA) is 52.0 Å². The SMILES string of the molecule is CCOCCCn1cc(CNC)nn1. The van der Waals surface area contributed by atoms with E-state index in [-0.39, 0.29) is 0 Å². The Labute approximate surface area is 84.4 Å². The molecule has 1 aromatic heterocycles. The molecule has 1 heterocycles. The Morgan fingerprint density at radius 2 is 2.43 bits per heavy atom. The Morgan fingerprint density at radius 3 is 3.14 bits per heavy atom. The van der Waals surface area contributed by atoms with Crippen molar-refractivity contribution in [3.63, 3.8) is 0 Å². The summed E-state index contributed by atoms with van der Waals surface area (Å²) in [5.41, 5.74) is 0.976. The molecule has 0 spiro atoms. The Kier molecular flexibility index (Phi) is 5.17. The van der Waals surface area contributed by atoms with Gasteiger partial charge in [-0.25, -0.2) is 0 Å². The van der Waals surface area contributed by atoms with Gasteiger partial charge in [-0.15, -0.1) is 5.10 Å². The van der Waals surface area contributed by atoms with Gasteiger partial charge in [-0.2, -0.15) is 0 Å². The lowest BCUT2D eigenvalue weighted by Crippen LogP contribution is -2.05. The molecular formula is C9H18N4O. The van der Waals surface area contributed by atoms with E-state index in [0.29, 0.717) is 0 Å². The Hall–Kier alpha value is -0.940. The molecule has 0 aromatic carbocycles. The van der Waals surface area contributed by atoms with Crippen LogP contribution in [0.15, 0.2) is 6.20 Å². The van der Waals surface area contributed by atoms with Crippen LogP contribution in [0.25, 0.3) is 0 Å². The average Bonchev–Trinajstić information content (AvgIpc) is 2.61. The Balaban J connectivity index is 2.22. The molecule has 0 amide bonds. The number of aryl methyl sites for hydroxylation is 1. The summed E-state index contributed by atoms with van der Waals surface area (Å²) in [7, 11) is 1.90. The van der Waals surface area contributed by atoms with Gasteiger partial charge in [0, 0.05) is 32.5 Å². The smallest absolute Gasteiger partial charge is 0.0964 e. The summed E-state index contributed by atoms with van der Waals surface area (Å²) >= 11 is 0. The van der Waals surface area contributed by atoms with Crippen molar-refractivity contribution in [2.75, 3.05) is 20.3 Å². The van der Waals surface area contributed by atoms with Gasteiger partial charge < -0.3 is 10.1 Å². The molecule has 80 valence electrons. The van der Waals surface area contributed by atoms with E-state index in [1.54, 1.807) is 0 Å². The van der Waals surface area contributed by atoms with Gasteiger partial charge in [0.1, 0.15) is 0 Å². The summed E-state index contributed by atoms with van der Waals surface area (Å²) in [5, 5.41) is 11.1. The lowest BCUT2D eigenvalue weighted by Gasteiger charge is -2.00. The summed E-state index contributed by atoms with van der Waals surface area (Å²) in [6, 6.07) is 0. The van der Waals surface area contributed by atoms with Crippen molar-refractivity contribution >= 4 is 0 Å². The molecule has 0 unspecified atom stereocenters. The third-order valence-electron chi connectivity index (χ3n) is 1.82. The number of hydrogen-bond acceptors (Lipinski definition) is 4. The maximum Gasteiger partial charge on any atom is 0.0964 e. The van der Waals surface area contributed by atoms with E-state index in [0.717, 1.165) is 38.4 Å². The van der Waals surface area contributed by atoms with Crippen LogP contribution in [0.4, 0.5) is 0 Å². The number of ether oxygens (including phenoxy) is 1. The van der Waals surface area contributed by atoms with E-state index in [1.807, 2.05) is 24.9 Å². The molecule has 0 aliphatic heterocycles. The highest BCUT2D eigenvalue weighted by Crippen LogP contribution is 1.94. The van der Waals surface area contributed by atoms with Crippen LogP contribution in [0.2, 0.25) is 0 Å². The van der Waals surface area contributed by atoms with Crippen LogP contribution >= 0.6 is 0 Å². The summed E-state index contributed by atoms with van der Waals surface area (Å²) in [5.74, 6) is 0. The van der Waals surface area contributed by atoms with E-state index >= 15 is 0 Å². The van der Waals surface area contributed by atoms with Crippen LogP contribution in [0.5, 0.6) is 0 Å². The molecule has 0 bridgehead atoms. The molecule has 1 N–H and O–H groups in total. The molecule has 1 aromatic rings. The molecule has 5 heteroatoms. The van der Waals surface area contributed by atoms with Crippen molar-refractivity contribution in [3.05, 3.63) is 11.9 Å². The quantitative estimate of drug-likeness (QED) is 0.645. The van der Waals surface area contributed by atoms with Crippen LogP contribution in [0, 0.1) is 0 Å². The van der Waals surface area contributed by atoms with Gasteiger partial charge in [0.25, 0.3) is 0 Å². The molecule has 1 rings (SSSR count). The first-order valence-corrected chi connectivity index (χ1v) is 4.98. The largest absolute Gasteiger partial charge is 0.382 e. The van der Waals surface area contributed by atoms with Gasteiger partial charge >= 0.3 is 0 Å². The molecule has 0 aliphatic carbocycles. The number of nitrogens with one attached hydrogen (secondary N) is 1. The van der Waals surface area contributed by atoms with Crippen LogP contribution in [0.1, 0.15) is 19.0 Å². The second-order valence-electron chi connectivity index (χ2n) is 3.05. The number of nitrogens with zero attached hydrogens (tertiary/aromatic N) is 3. The van der Waals surface area contributed by atoms with Crippen molar-refractivity contribution in [2.45, 2.75) is 26.4 Å². The summed E-state index contributed by atoms with van der Waals surface area (Å²) < 4.78 is 7.09. The zero-order chi connectivity index (χ0) is 10.2. The van der Waals surface area contributed by atoms with Gasteiger partial charge in [0.05, 0.1) is 5.69 Å². The van der Waals surface area contributed by atoms with E-state index in [1.165, 1.54) is 0 Å². The Morgan fingerprint density at radius 1 is 1.57 bits per heavy atom. The molecule has 0 fully saturated rings. The average molecular weight is 198 g/mol.